The Labute approximate surface area is 205 Å². The van der Waals surface area contributed by atoms with Gasteiger partial charge in [0.15, 0.2) is 0 Å². The molecule has 0 unspecified atom stereocenters. The van der Waals surface area contributed by atoms with Gasteiger partial charge in [0.05, 0.1) is 17.8 Å². The van der Waals surface area contributed by atoms with Crippen molar-refractivity contribution in [3.63, 3.8) is 0 Å². The largest absolute Gasteiger partial charge is 0.438 e. The molecular formula is C27H29ClN4O2. The standard InChI is InChI=1S/C27H29ClN4O2/c1-18-10-13-31(14-11-18)27-29-24-12-15-32(26(33)20-6-8-21(28)9-7-20)17-23(24)25(30-27)34-22-5-3-4-19(2)16-22/h3-9,16,18H,10-15,17H2,1-2H3. The number of halogens is 1. The molecule has 0 N–H and O–H groups in total. The summed E-state index contributed by atoms with van der Waals surface area (Å²) >= 11 is 6.00. The van der Waals surface area contributed by atoms with E-state index in [0.29, 0.717) is 36.0 Å². The van der Waals surface area contributed by atoms with E-state index in [1.54, 1.807) is 24.3 Å². The van der Waals surface area contributed by atoms with Crippen LogP contribution < -0.4 is 9.64 Å². The molecule has 1 amide bonds. The number of aromatic nitrogens is 2. The number of ether oxygens (including phenoxy) is 1. The minimum atomic E-state index is -0.0297. The predicted octanol–water partition coefficient (Wildman–Crippen LogP) is 5.67. The van der Waals surface area contributed by atoms with E-state index in [-0.39, 0.29) is 5.91 Å². The smallest absolute Gasteiger partial charge is 0.254 e. The predicted molar refractivity (Wildman–Crippen MR) is 134 cm³/mol. The van der Waals surface area contributed by atoms with Gasteiger partial charge in [0.1, 0.15) is 5.75 Å². The van der Waals surface area contributed by atoms with Crippen LogP contribution in [0.3, 0.4) is 0 Å². The Hall–Kier alpha value is -3.12. The van der Waals surface area contributed by atoms with Gasteiger partial charge in [0, 0.05) is 36.6 Å². The van der Waals surface area contributed by atoms with Gasteiger partial charge in [-0.3, -0.25) is 4.79 Å². The van der Waals surface area contributed by atoms with Gasteiger partial charge in [-0.2, -0.15) is 4.98 Å². The van der Waals surface area contributed by atoms with E-state index in [9.17, 15) is 4.79 Å². The molecule has 0 bridgehead atoms. The van der Waals surface area contributed by atoms with Gasteiger partial charge in [0.25, 0.3) is 5.91 Å². The van der Waals surface area contributed by atoms with Crippen molar-refractivity contribution in [3.05, 3.63) is 75.9 Å². The maximum absolute atomic E-state index is 13.2. The highest BCUT2D eigenvalue weighted by Crippen LogP contribution is 2.33. The number of nitrogens with zero attached hydrogens (tertiary/aromatic N) is 4. The van der Waals surface area contributed by atoms with Crippen LogP contribution in [-0.4, -0.2) is 40.4 Å². The summed E-state index contributed by atoms with van der Waals surface area (Å²) in [6.07, 6.45) is 2.94. The molecule has 0 aliphatic carbocycles. The number of benzene rings is 2. The average molecular weight is 477 g/mol. The Morgan fingerprint density at radius 1 is 1.06 bits per heavy atom. The number of piperidine rings is 1. The summed E-state index contributed by atoms with van der Waals surface area (Å²) in [4.78, 5) is 27.1. The highest BCUT2D eigenvalue weighted by Gasteiger charge is 2.29. The van der Waals surface area contributed by atoms with Crippen molar-refractivity contribution in [2.75, 3.05) is 24.5 Å². The summed E-state index contributed by atoms with van der Waals surface area (Å²) in [5.74, 6) is 2.70. The van der Waals surface area contributed by atoms with Crippen LogP contribution in [0.1, 0.15) is 46.9 Å². The molecule has 1 aromatic heterocycles. The zero-order valence-corrected chi connectivity index (χ0v) is 20.4. The van der Waals surface area contributed by atoms with Crippen LogP contribution in [0.4, 0.5) is 5.95 Å². The highest BCUT2D eigenvalue weighted by molar-refractivity contribution is 6.30. The van der Waals surface area contributed by atoms with Crippen molar-refractivity contribution in [2.45, 2.75) is 39.7 Å². The van der Waals surface area contributed by atoms with Crippen LogP contribution in [0, 0.1) is 12.8 Å². The fourth-order valence-electron chi connectivity index (χ4n) is 4.54. The summed E-state index contributed by atoms with van der Waals surface area (Å²) in [5.41, 5.74) is 3.58. The third-order valence-corrected chi connectivity index (χ3v) is 6.91. The molecule has 2 aromatic carbocycles. The first kappa shape index (κ1) is 22.7. The Kier molecular flexibility index (Phi) is 6.42. The molecule has 3 heterocycles. The molecule has 5 rings (SSSR count). The van der Waals surface area contributed by atoms with Crippen molar-refractivity contribution in [1.29, 1.82) is 0 Å². The van der Waals surface area contributed by atoms with Crippen LogP contribution in [0.5, 0.6) is 11.6 Å². The number of carbonyl (C=O) groups excluding carboxylic acids is 1. The minimum absolute atomic E-state index is 0.0297. The van der Waals surface area contributed by atoms with Crippen molar-refractivity contribution < 1.29 is 9.53 Å². The van der Waals surface area contributed by atoms with E-state index < -0.39 is 0 Å². The van der Waals surface area contributed by atoms with Crippen LogP contribution >= 0.6 is 11.6 Å². The minimum Gasteiger partial charge on any atom is -0.438 e. The molecule has 176 valence electrons. The third kappa shape index (κ3) is 4.87. The average Bonchev–Trinajstić information content (AvgIpc) is 2.84. The molecule has 1 saturated heterocycles. The lowest BCUT2D eigenvalue weighted by Gasteiger charge is -2.33. The normalized spacial score (nSPS) is 16.3. The third-order valence-electron chi connectivity index (χ3n) is 6.66. The lowest BCUT2D eigenvalue weighted by molar-refractivity contribution is 0.0732. The number of aryl methyl sites for hydroxylation is 1. The molecule has 6 nitrogen and oxygen atoms in total. The van der Waals surface area contributed by atoms with Crippen molar-refractivity contribution in [3.8, 4) is 11.6 Å². The van der Waals surface area contributed by atoms with Gasteiger partial charge in [-0.15, -0.1) is 0 Å². The molecule has 0 radical (unpaired) electrons. The Balaban J connectivity index is 1.47. The van der Waals surface area contributed by atoms with Gasteiger partial charge in [-0.25, -0.2) is 4.98 Å². The molecule has 0 saturated carbocycles. The first-order valence-corrected chi connectivity index (χ1v) is 12.3. The highest BCUT2D eigenvalue weighted by atomic mass is 35.5. The van der Waals surface area contributed by atoms with E-state index in [2.05, 4.69) is 11.8 Å². The summed E-state index contributed by atoms with van der Waals surface area (Å²) < 4.78 is 6.33. The zero-order chi connectivity index (χ0) is 23.7. The number of fused-ring (bicyclic) bond motifs is 1. The fourth-order valence-corrected chi connectivity index (χ4v) is 4.67. The van der Waals surface area contributed by atoms with Crippen molar-refractivity contribution >= 4 is 23.5 Å². The molecule has 7 heteroatoms. The molecular weight excluding hydrogens is 448 g/mol. The van der Waals surface area contributed by atoms with Gasteiger partial charge in [-0.05, 0) is 67.6 Å². The molecule has 1 fully saturated rings. The van der Waals surface area contributed by atoms with Crippen LogP contribution in [0.15, 0.2) is 48.5 Å². The molecule has 2 aliphatic rings. The number of anilines is 1. The lowest BCUT2D eigenvalue weighted by Crippen LogP contribution is -2.38. The second-order valence-corrected chi connectivity index (χ2v) is 9.76. The van der Waals surface area contributed by atoms with Gasteiger partial charge in [-0.1, -0.05) is 30.7 Å². The van der Waals surface area contributed by atoms with E-state index >= 15 is 0 Å². The summed E-state index contributed by atoms with van der Waals surface area (Å²) in [5, 5.41) is 0.613. The number of rotatable bonds is 4. The monoisotopic (exact) mass is 476 g/mol. The van der Waals surface area contributed by atoms with E-state index in [1.165, 1.54) is 0 Å². The number of carbonyl (C=O) groups is 1. The number of amides is 1. The molecule has 0 atom stereocenters. The Bertz CT molecular complexity index is 1190. The van der Waals surface area contributed by atoms with E-state index in [0.717, 1.165) is 60.4 Å². The molecule has 3 aromatic rings. The summed E-state index contributed by atoms with van der Waals surface area (Å²) in [6, 6.07) is 15.0. The maximum Gasteiger partial charge on any atom is 0.254 e. The lowest BCUT2D eigenvalue weighted by atomic mass is 9.99. The quantitative estimate of drug-likeness (QED) is 0.486. The van der Waals surface area contributed by atoms with Crippen LogP contribution in [0.25, 0.3) is 0 Å². The van der Waals surface area contributed by atoms with Crippen molar-refractivity contribution in [2.24, 2.45) is 5.92 Å². The molecule has 34 heavy (non-hydrogen) atoms. The van der Waals surface area contributed by atoms with Gasteiger partial charge < -0.3 is 14.5 Å². The van der Waals surface area contributed by atoms with Crippen molar-refractivity contribution in [1.82, 2.24) is 14.9 Å². The number of hydrogen-bond acceptors (Lipinski definition) is 5. The Morgan fingerprint density at radius 2 is 1.82 bits per heavy atom. The molecule has 2 aliphatic heterocycles. The van der Waals surface area contributed by atoms with E-state index in [1.807, 2.05) is 36.1 Å². The van der Waals surface area contributed by atoms with Gasteiger partial charge >= 0.3 is 0 Å². The zero-order valence-electron chi connectivity index (χ0n) is 19.6. The van der Waals surface area contributed by atoms with Gasteiger partial charge in [0.2, 0.25) is 11.8 Å². The van der Waals surface area contributed by atoms with E-state index in [4.69, 9.17) is 26.3 Å². The van der Waals surface area contributed by atoms with Crippen LogP contribution in [-0.2, 0) is 13.0 Å². The fraction of sp³-hybridized carbons (Fsp3) is 0.370. The first-order valence-electron chi connectivity index (χ1n) is 11.9. The second-order valence-electron chi connectivity index (χ2n) is 9.33. The van der Waals surface area contributed by atoms with Crippen LogP contribution in [0.2, 0.25) is 5.02 Å². The molecule has 0 spiro atoms. The Morgan fingerprint density at radius 3 is 2.56 bits per heavy atom. The topological polar surface area (TPSA) is 58.6 Å². The number of hydrogen-bond donors (Lipinski definition) is 0. The first-order chi connectivity index (χ1) is 16.5. The summed E-state index contributed by atoms with van der Waals surface area (Å²) in [6.45, 7) is 7.25. The maximum atomic E-state index is 13.2. The SMILES string of the molecule is Cc1cccc(Oc2nc(N3CCC(C)CC3)nc3c2CN(C(=O)c2ccc(Cl)cc2)CC3)c1. The summed E-state index contributed by atoms with van der Waals surface area (Å²) in [7, 11) is 0. The second kappa shape index (κ2) is 9.63.